The molecule has 1 aromatic carbocycles. The first-order valence-electron chi connectivity index (χ1n) is 5.97. The van der Waals surface area contributed by atoms with Crippen molar-refractivity contribution in [1.29, 1.82) is 0 Å². The van der Waals surface area contributed by atoms with E-state index in [1.54, 1.807) is 16.6 Å². The number of nitrogens with zero attached hydrogens (tertiary/aromatic N) is 3. The second-order valence-corrected chi connectivity index (χ2v) is 4.30. The Morgan fingerprint density at radius 3 is 2.89 bits per heavy atom. The van der Waals surface area contributed by atoms with Gasteiger partial charge in [-0.15, -0.1) is 10.2 Å². The van der Waals surface area contributed by atoms with Gasteiger partial charge in [-0.05, 0) is 19.1 Å². The van der Waals surface area contributed by atoms with Crippen molar-refractivity contribution in [1.82, 2.24) is 25.1 Å². The van der Waals surface area contributed by atoms with Crippen molar-refractivity contribution in [2.45, 2.75) is 13.5 Å². The number of hydrogen-bond acceptors (Lipinski definition) is 3. The molecule has 0 saturated carbocycles. The molecular weight excluding hydrogens is 242 g/mol. The fourth-order valence-electron chi connectivity index (χ4n) is 1.91. The zero-order valence-corrected chi connectivity index (χ0v) is 10.4. The van der Waals surface area contributed by atoms with Crippen LogP contribution in [0.5, 0.6) is 0 Å². The molecule has 6 nitrogen and oxygen atoms in total. The molecule has 96 valence electrons. The second kappa shape index (κ2) is 4.56. The highest BCUT2D eigenvalue weighted by Gasteiger charge is 2.09. The number of carbonyl (C=O) groups excluding carboxylic acids is 1. The molecule has 0 aliphatic heterocycles. The van der Waals surface area contributed by atoms with Crippen LogP contribution in [0.2, 0.25) is 0 Å². The number of aryl methyl sites for hydroxylation is 1. The van der Waals surface area contributed by atoms with E-state index < -0.39 is 0 Å². The third-order valence-electron chi connectivity index (χ3n) is 2.83. The van der Waals surface area contributed by atoms with Gasteiger partial charge in [0.15, 0.2) is 11.5 Å². The van der Waals surface area contributed by atoms with Crippen molar-refractivity contribution in [2.75, 3.05) is 0 Å². The molecule has 0 unspecified atom stereocenters. The molecule has 3 aromatic rings. The first kappa shape index (κ1) is 11.5. The molecule has 1 amide bonds. The SMILES string of the molecule is Cc1cc2nnc(CNC(=O)c3ccccc3)n2[nH]1. The Hall–Kier alpha value is -2.63. The summed E-state index contributed by atoms with van der Waals surface area (Å²) in [6.45, 7) is 2.27. The number of amides is 1. The topological polar surface area (TPSA) is 75.1 Å². The average molecular weight is 255 g/mol. The van der Waals surface area contributed by atoms with Crippen LogP contribution in [0, 0.1) is 6.92 Å². The van der Waals surface area contributed by atoms with Gasteiger partial charge in [0.1, 0.15) is 0 Å². The number of benzene rings is 1. The Morgan fingerprint density at radius 2 is 2.11 bits per heavy atom. The predicted octanol–water partition coefficient (Wildman–Crippen LogP) is 1.30. The van der Waals surface area contributed by atoms with Crippen LogP contribution in [0.1, 0.15) is 21.9 Å². The fourth-order valence-corrected chi connectivity index (χ4v) is 1.91. The number of aromatic amines is 1. The molecule has 19 heavy (non-hydrogen) atoms. The lowest BCUT2D eigenvalue weighted by Gasteiger charge is -2.03. The van der Waals surface area contributed by atoms with Crippen molar-refractivity contribution in [3.8, 4) is 0 Å². The molecule has 0 aliphatic carbocycles. The van der Waals surface area contributed by atoms with Gasteiger partial charge in [-0.2, -0.15) is 0 Å². The first-order valence-corrected chi connectivity index (χ1v) is 5.97. The number of hydrogen-bond donors (Lipinski definition) is 2. The number of aromatic nitrogens is 4. The van der Waals surface area contributed by atoms with E-state index in [-0.39, 0.29) is 5.91 Å². The quantitative estimate of drug-likeness (QED) is 0.740. The minimum absolute atomic E-state index is 0.124. The minimum atomic E-state index is -0.124. The highest BCUT2D eigenvalue weighted by atomic mass is 16.1. The number of carbonyl (C=O) groups is 1. The zero-order valence-electron chi connectivity index (χ0n) is 10.4. The van der Waals surface area contributed by atoms with Crippen molar-refractivity contribution in [2.24, 2.45) is 0 Å². The number of nitrogens with one attached hydrogen (secondary N) is 2. The van der Waals surface area contributed by atoms with E-state index in [0.29, 0.717) is 17.9 Å². The van der Waals surface area contributed by atoms with E-state index in [9.17, 15) is 4.79 Å². The Labute approximate surface area is 109 Å². The molecule has 0 spiro atoms. The maximum absolute atomic E-state index is 11.9. The summed E-state index contributed by atoms with van der Waals surface area (Å²) >= 11 is 0. The molecular formula is C13H13N5O. The minimum Gasteiger partial charge on any atom is -0.345 e. The average Bonchev–Trinajstić information content (AvgIpc) is 2.96. The van der Waals surface area contributed by atoms with E-state index in [0.717, 1.165) is 11.3 Å². The molecule has 3 rings (SSSR count). The van der Waals surface area contributed by atoms with Gasteiger partial charge in [0.2, 0.25) is 0 Å². The van der Waals surface area contributed by atoms with Crippen LogP contribution in [0.4, 0.5) is 0 Å². The summed E-state index contributed by atoms with van der Waals surface area (Å²) in [6, 6.07) is 11.0. The van der Waals surface area contributed by atoms with Crippen LogP contribution in [0.3, 0.4) is 0 Å². The summed E-state index contributed by atoms with van der Waals surface area (Å²) in [5.41, 5.74) is 2.38. The lowest BCUT2D eigenvalue weighted by atomic mass is 10.2. The summed E-state index contributed by atoms with van der Waals surface area (Å²) < 4.78 is 1.76. The highest BCUT2D eigenvalue weighted by Crippen LogP contribution is 2.05. The van der Waals surface area contributed by atoms with E-state index in [4.69, 9.17) is 0 Å². The third kappa shape index (κ3) is 2.20. The summed E-state index contributed by atoms with van der Waals surface area (Å²) in [4.78, 5) is 11.9. The second-order valence-electron chi connectivity index (χ2n) is 4.30. The standard InChI is InChI=1S/C13H13N5O/c1-9-7-11-15-16-12(18(11)17-9)8-14-13(19)10-5-3-2-4-6-10/h2-7,17H,8H2,1H3,(H,14,19). The molecule has 0 aliphatic rings. The van der Waals surface area contributed by atoms with Crippen LogP contribution in [0.15, 0.2) is 36.4 Å². The number of rotatable bonds is 3. The van der Waals surface area contributed by atoms with Crippen LogP contribution in [0.25, 0.3) is 5.65 Å². The maximum Gasteiger partial charge on any atom is 0.251 e. The molecule has 0 bridgehead atoms. The van der Waals surface area contributed by atoms with Crippen molar-refractivity contribution < 1.29 is 4.79 Å². The molecule has 0 saturated heterocycles. The van der Waals surface area contributed by atoms with E-state index in [1.165, 1.54) is 0 Å². The van der Waals surface area contributed by atoms with Gasteiger partial charge in [0.25, 0.3) is 5.91 Å². The predicted molar refractivity (Wildman–Crippen MR) is 69.7 cm³/mol. The van der Waals surface area contributed by atoms with Crippen molar-refractivity contribution in [3.05, 3.63) is 53.5 Å². The summed E-state index contributed by atoms with van der Waals surface area (Å²) in [6.07, 6.45) is 0. The molecule has 0 radical (unpaired) electrons. The zero-order chi connectivity index (χ0) is 13.2. The molecule has 2 N–H and O–H groups in total. The monoisotopic (exact) mass is 255 g/mol. The van der Waals surface area contributed by atoms with Gasteiger partial charge in [-0.3, -0.25) is 9.89 Å². The molecule has 2 aromatic heterocycles. The number of fused-ring (bicyclic) bond motifs is 1. The van der Waals surface area contributed by atoms with Crippen LogP contribution in [-0.2, 0) is 6.54 Å². The van der Waals surface area contributed by atoms with Gasteiger partial charge in [-0.25, -0.2) is 4.52 Å². The Kier molecular flexibility index (Phi) is 2.75. The summed E-state index contributed by atoms with van der Waals surface area (Å²) in [7, 11) is 0. The first-order chi connectivity index (χ1) is 9.24. The van der Waals surface area contributed by atoms with Crippen LogP contribution < -0.4 is 5.32 Å². The lowest BCUT2D eigenvalue weighted by molar-refractivity contribution is 0.0949. The van der Waals surface area contributed by atoms with E-state index in [1.807, 2.05) is 31.2 Å². The van der Waals surface area contributed by atoms with Crippen LogP contribution >= 0.6 is 0 Å². The van der Waals surface area contributed by atoms with E-state index >= 15 is 0 Å². The van der Waals surface area contributed by atoms with Gasteiger partial charge in [-0.1, -0.05) is 18.2 Å². The summed E-state index contributed by atoms with van der Waals surface area (Å²) in [5, 5.41) is 14.0. The fraction of sp³-hybridized carbons (Fsp3) is 0.154. The number of H-pyrrole nitrogens is 1. The molecule has 0 atom stereocenters. The molecule has 2 heterocycles. The van der Waals surface area contributed by atoms with Crippen LogP contribution in [-0.4, -0.2) is 25.7 Å². The van der Waals surface area contributed by atoms with E-state index in [2.05, 4.69) is 20.6 Å². The van der Waals surface area contributed by atoms with Crippen molar-refractivity contribution >= 4 is 11.6 Å². The highest BCUT2D eigenvalue weighted by molar-refractivity contribution is 5.93. The lowest BCUT2D eigenvalue weighted by Crippen LogP contribution is -2.24. The van der Waals surface area contributed by atoms with Gasteiger partial charge < -0.3 is 5.32 Å². The Morgan fingerprint density at radius 1 is 1.32 bits per heavy atom. The Balaban J connectivity index is 1.74. The van der Waals surface area contributed by atoms with Gasteiger partial charge in [0, 0.05) is 17.3 Å². The molecule has 0 fully saturated rings. The van der Waals surface area contributed by atoms with Crippen molar-refractivity contribution in [3.63, 3.8) is 0 Å². The van der Waals surface area contributed by atoms with Gasteiger partial charge >= 0.3 is 0 Å². The maximum atomic E-state index is 11.9. The third-order valence-corrected chi connectivity index (χ3v) is 2.83. The van der Waals surface area contributed by atoms with Gasteiger partial charge in [0.05, 0.1) is 6.54 Å². The molecule has 6 heteroatoms. The largest absolute Gasteiger partial charge is 0.345 e. The normalized spacial score (nSPS) is 10.8. The summed E-state index contributed by atoms with van der Waals surface area (Å²) in [5.74, 6) is 0.549. The smallest absolute Gasteiger partial charge is 0.251 e. The Bertz CT molecular complexity index is 713.